The van der Waals surface area contributed by atoms with E-state index >= 15 is 0 Å². The molecule has 2 aromatic heterocycles. The molecule has 3 rings (SSSR count). The van der Waals surface area contributed by atoms with Crippen LogP contribution in [-0.2, 0) is 0 Å². The number of imidazole rings is 1. The lowest BCUT2D eigenvalue weighted by Gasteiger charge is -2.30. The largest absolute Gasteiger partial charge is 0.413 e. The minimum atomic E-state index is -4.60. The molecule has 1 amide bonds. The summed E-state index contributed by atoms with van der Waals surface area (Å²) in [6.45, 7) is 1.73. The average molecular weight is 348 g/mol. The van der Waals surface area contributed by atoms with Gasteiger partial charge in [-0.15, -0.1) is 0 Å². The maximum absolute atomic E-state index is 13.6. The summed E-state index contributed by atoms with van der Waals surface area (Å²) in [5, 5.41) is 0. The van der Waals surface area contributed by atoms with E-state index in [4.69, 9.17) is 0 Å². The van der Waals surface area contributed by atoms with Crippen molar-refractivity contribution in [2.45, 2.75) is 19.1 Å². The highest BCUT2D eigenvalue weighted by atomic mass is 19.4. The van der Waals surface area contributed by atoms with Gasteiger partial charge in [-0.1, -0.05) is 30.3 Å². The highest BCUT2D eigenvalue weighted by Crippen LogP contribution is 2.37. The third-order valence-electron chi connectivity index (χ3n) is 3.84. The van der Waals surface area contributed by atoms with E-state index in [1.54, 1.807) is 13.0 Å². The van der Waals surface area contributed by atoms with Gasteiger partial charge >= 0.3 is 6.18 Å². The number of aryl methyl sites for hydroxylation is 1. The number of alkyl halides is 3. The zero-order chi connectivity index (χ0) is 18.2. The number of rotatable bonds is 3. The number of pyridine rings is 1. The van der Waals surface area contributed by atoms with Crippen LogP contribution in [0, 0.1) is 6.92 Å². The Bertz CT molecular complexity index is 905. The molecule has 1 atom stereocenters. The van der Waals surface area contributed by atoms with Crippen LogP contribution < -0.4 is 0 Å². The normalized spacial score (nSPS) is 13.0. The number of carbonyl (C=O) groups is 1. The molecule has 1 unspecified atom stereocenters. The molecule has 130 valence electrons. The third kappa shape index (κ3) is 3.33. The number of hydrogen-bond donors (Lipinski definition) is 1. The van der Waals surface area contributed by atoms with Crippen LogP contribution >= 0.6 is 0 Å². The zero-order valence-corrected chi connectivity index (χ0v) is 13.5. The maximum atomic E-state index is 13.6. The minimum absolute atomic E-state index is 0.00253. The van der Waals surface area contributed by atoms with Gasteiger partial charge < -0.3 is 9.88 Å². The van der Waals surface area contributed by atoms with Gasteiger partial charge in [-0.05, 0) is 18.6 Å². The number of nitrogens with zero attached hydrogens (tertiary/aromatic N) is 3. The Kier molecular flexibility index (Phi) is 4.20. The summed E-state index contributed by atoms with van der Waals surface area (Å²) in [6, 6.07) is 6.75. The first-order chi connectivity index (χ1) is 11.8. The van der Waals surface area contributed by atoms with Crippen molar-refractivity contribution in [3.8, 4) is 0 Å². The second-order valence-corrected chi connectivity index (χ2v) is 5.69. The van der Waals surface area contributed by atoms with E-state index in [-0.39, 0.29) is 11.1 Å². The predicted molar refractivity (Wildman–Crippen MR) is 86.0 cm³/mol. The smallest absolute Gasteiger partial charge is 0.341 e. The summed E-state index contributed by atoms with van der Waals surface area (Å²) in [4.78, 5) is 24.3. The van der Waals surface area contributed by atoms with Crippen molar-refractivity contribution < 1.29 is 18.0 Å². The number of hydrogen-bond acceptors (Lipinski definition) is 3. The molecule has 0 saturated heterocycles. The van der Waals surface area contributed by atoms with Gasteiger partial charge in [0.05, 0.1) is 11.1 Å². The van der Waals surface area contributed by atoms with Crippen molar-refractivity contribution in [3.63, 3.8) is 0 Å². The van der Waals surface area contributed by atoms with Gasteiger partial charge in [0.2, 0.25) is 0 Å². The quantitative estimate of drug-likeness (QED) is 0.786. The first-order valence-corrected chi connectivity index (χ1v) is 7.48. The van der Waals surface area contributed by atoms with Crippen molar-refractivity contribution in [3.05, 3.63) is 59.5 Å². The minimum Gasteiger partial charge on any atom is -0.341 e. The van der Waals surface area contributed by atoms with Crippen LogP contribution in [0.2, 0.25) is 0 Å². The maximum Gasteiger partial charge on any atom is 0.413 e. The van der Waals surface area contributed by atoms with Crippen molar-refractivity contribution in [2.75, 3.05) is 7.05 Å². The molecule has 1 aromatic carbocycles. The van der Waals surface area contributed by atoms with E-state index in [0.29, 0.717) is 21.9 Å². The lowest BCUT2D eigenvalue weighted by Crippen LogP contribution is -2.39. The summed E-state index contributed by atoms with van der Waals surface area (Å²) in [7, 11) is 1.13. The van der Waals surface area contributed by atoms with Crippen molar-refractivity contribution >= 4 is 17.1 Å². The van der Waals surface area contributed by atoms with Gasteiger partial charge in [-0.25, -0.2) is 9.97 Å². The van der Waals surface area contributed by atoms with Gasteiger partial charge in [0, 0.05) is 13.2 Å². The van der Waals surface area contributed by atoms with Crippen molar-refractivity contribution in [1.29, 1.82) is 0 Å². The molecule has 5 nitrogen and oxygen atoms in total. The Balaban J connectivity index is 1.97. The monoisotopic (exact) mass is 348 g/mol. The van der Waals surface area contributed by atoms with E-state index in [2.05, 4.69) is 15.0 Å². The Labute approximate surface area is 141 Å². The number of halogens is 3. The molecule has 2 heterocycles. The van der Waals surface area contributed by atoms with Crippen LogP contribution in [0.4, 0.5) is 13.2 Å². The van der Waals surface area contributed by atoms with Crippen LogP contribution in [0.25, 0.3) is 11.2 Å². The molecular formula is C17H15F3N4O. The first-order valence-electron chi connectivity index (χ1n) is 7.48. The SMILES string of the molecule is Cc1nc2ncc(C(=O)N(C)C(c3ccccc3)C(F)(F)F)cc2[nH]1. The third-order valence-corrected chi connectivity index (χ3v) is 3.84. The topological polar surface area (TPSA) is 61.9 Å². The number of H-pyrrole nitrogens is 1. The van der Waals surface area contributed by atoms with E-state index in [1.165, 1.54) is 36.5 Å². The van der Waals surface area contributed by atoms with Crippen LogP contribution in [-0.4, -0.2) is 39.0 Å². The second-order valence-electron chi connectivity index (χ2n) is 5.69. The second kappa shape index (κ2) is 6.19. The highest BCUT2D eigenvalue weighted by molar-refractivity contribution is 5.96. The standard InChI is InChI=1S/C17H15F3N4O/c1-10-22-13-8-12(9-21-15(13)23-10)16(25)24(2)14(17(18,19)20)11-6-4-3-5-7-11/h3-9,14H,1-2H3,(H,21,22,23). The van der Waals surface area contributed by atoms with Crippen LogP contribution in [0.3, 0.4) is 0 Å². The number of aromatic amines is 1. The van der Waals surface area contributed by atoms with E-state index in [0.717, 1.165) is 7.05 Å². The summed E-state index contributed by atoms with van der Waals surface area (Å²) in [6.07, 6.45) is -3.37. The van der Waals surface area contributed by atoms with Crippen LogP contribution in [0.5, 0.6) is 0 Å². The average Bonchev–Trinajstić information content (AvgIpc) is 2.93. The molecule has 0 aliphatic rings. The number of aromatic nitrogens is 3. The van der Waals surface area contributed by atoms with Gasteiger partial charge in [0.25, 0.3) is 5.91 Å². The number of nitrogens with one attached hydrogen (secondary N) is 1. The van der Waals surface area contributed by atoms with Crippen LogP contribution in [0.15, 0.2) is 42.6 Å². The van der Waals surface area contributed by atoms with E-state index in [1.807, 2.05) is 0 Å². The highest BCUT2D eigenvalue weighted by Gasteiger charge is 2.45. The molecule has 0 bridgehead atoms. The summed E-state index contributed by atoms with van der Waals surface area (Å²) in [5.41, 5.74) is 0.966. The van der Waals surface area contributed by atoms with Crippen molar-refractivity contribution in [2.24, 2.45) is 0 Å². The fourth-order valence-corrected chi connectivity index (χ4v) is 2.73. The summed E-state index contributed by atoms with van der Waals surface area (Å²) < 4.78 is 40.7. The van der Waals surface area contributed by atoms with Crippen LogP contribution in [0.1, 0.15) is 27.8 Å². The zero-order valence-electron chi connectivity index (χ0n) is 13.5. The molecule has 0 spiro atoms. The molecule has 8 heteroatoms. The molecule has 25 heavy (non-hydrogen) atoms. The molecule has 0 aliphatic heterocycles. The molecular weight excluding hydrogens is 333 g/mol. The van der Waals surface area contributed by atoms with Gasteiger partial charge in [-0.3, -0.25) is 4.79 Å². The number of fused-ring (bicyclic) bond motifs is 1. The van der Waals surface area contributed by atoms with Gasteiger partial charge in [0.15, 0.2) is 11.7 Å². The Morgan fingerprint density at radius 3 is 2.56 bits per heavy atom. The fourth-order valence-electron chi connectivity index (χ4n) is 2.73. The van der Waals surface area contributed by atoms with Gasteiger partial charge in [-0.2, -0.15) is 13.2 Å². The van der Waals surface area contributed by atoms with Gasteiger partial charge in [0.1, 0.15) is 5.82 Å². The number of amides is 1. The van der Waals surface area contributed by atoms with Crippen molar-refractivity contribution in [1.82, 2.24) is 19.9 Å². The molecule has 0 radical (unpaired) electrons. The Morgan fingerprint density at radius 2 is 1.92 bits per heavy atom. The number of benzene rings is 1. The predicted octanol–water partition coefficient (Wildman–Crippen LogP) is 3.64. The van der Waals surface area contributed by atoms with E-state index in [9.17, 15) is 18.0 Å². The molecule has 0 fully saturated rings. The molecule has 3 aromatic rings. The lowest BCUT2D eigenvalue weighted by atomic mass is 10.0. The summed E-state index contributed by atoms with van der Waals surface area (Å²) in [5.74, 6) is -0.161. The lowest BCUT2D eigenvalue weighted by molar-refractivity contribution is -0.176. The first kappa shape index (κ1) is 16.9. The Morgan fingerprint density at radius 1 is 1.24 bits per heavy atom. The molecule has 0 aliphatic carbocycles. The molecule has 0 saturated carbocycles. The molecule has 1 N–H and O–H groups in total. The fraction of sp³-hybridized carbons (Fsp3) is 0.235. The summed E-state index contributed by atoms with van der Waals surface area (Å²) >= 11 is 0. The Hall–Kier alpha value is -2.90. The number of carbonyl (C=O) groups excluding carboxylic acids is 1. The van der Waals surface area contributed by atoms with E-state index < -0.39 is 18.1 Å².